The molecule has 2 amide bonds. The molecule has 0 fully saturated rings. The van der Waals surface area contributed by atoms with E-state index in [-0.39, 0.29) is 17.7 Å². The van der Waals surface area contributed by atoms with Crippen molar-refractivity contribution >= 4 is 17.6 Å². The number of anilines is 1. The third-order valence-corrected chi connectivity index (χ3v) is 3.55. The van der Waals surface area contributed by atoms with Gasteiger partial charge in [0.2, 0.25) is 5.91 Å². The summed E-state index contributed by atoms with van der Waals surface area (Å²) in [5, 5.41) is 9.59. The number of methoxy groups -OCH3 is 1. The maximum Gasteiger partial charge on any atom is 0.251 e. The summed E-state index contributed by atoms with van der Waals surface area (Å²) in [6.07, 6.45) is 1.73. The van der Waals surface area contributed by atoms with E-state index in [2.05, 4.69) is 15.7 Å². The normalized spacial score (nSPS) is 11.9. The van der Waals surface area contributed by atoms with Crippen molar-refractivity contribution in [2.24, 2.45) is 13.0 Å². The van der Waals surface area contributed by atoms with Crippen LogP contribution in [0.25, 0.3) is 0 Å². The summed E-state index contributed by atoms with van der Waals surface area (Å²) >= 11 is 0. The van der Waals surface area contributed by atoms with Gasteiger partial charge in [-0.15, -0.1) is 0 Å². The Morgan fingerprint density at radius 2 is 1.83 bits per heavy atom. The molecule has 1 aromatic heterocycles. The van der Waals surface area contributed by atoms with E-state index < -0.39 is 6.04 Å². The quantitative estimate of drug-likeness (QED) is 0.846. The Labute approximate surface area is 141 Å². The molecule has 0 radical (unpaired) electrons. The lowest BCUT2D eigenvalue weighted by molar-refractivity contribution is -0.118. The number of rotatable bonds is 6. The summed E-state index contributed by atoms with van der Waals surface area (Å²) in [5.41, 5.74) is 0.465. The Hall–Kier alpha value is -2.83. The van der Waals surface area contributed by atoms with Gasteiger partial charge < -0.3 is 15.4 Å². The minimum absolute atomic E-state index is 0.0732. The molecule has 1 aromatic carbocycles. The maximum atomic E-state index is 12.4. The molecule has 1 atom stereocenters. The molecule has 128 valence electrons. The highest BCUT2D eigenvalue weighted by Crippen LogP contribution is 2.13. The minimum Gasteiger partial charge on any atom is -0.497 e. The molecule has 0 aliphatic carbocycles. The van der Waals surface area contributed by atoms with Crippen LogP contribution in [0.3, 0.4) is 0 Å². The summed E-state index contributed by atoms with van der Waals surface area (Å²) < 4.78 is 6.66. The van der Waals surface area contributed by atoms with Gasteiger partial charge >= 0.3 is 0 Å². The predicted molar refractivity (Wildman–Crippen MR) is 90.9 cm³/mol. The summed E-state index contributed by atoms with van der Waals surface area (Å²) in [5.74, 6) is 0.431. The lowest BCUT2D eigenvalue weighted by Gasteiger charge is -2.21. The van der Waals surface area contributed by atoms with E-state index in [0.717, 1.165) is 0 Å². The fourth-order valence-electron chi connectivity index (χ4n) is 2.19. The number of aryl methyl sites for hydroxylation is 1. The van der Waals surface area contributed by atoms with Crippen LogP contribution in [-0.2, 0) is 11.8 Å². The second-order valence-electron chi connectivity index (χ2n) is 5.79. The first kappa shape index (κ1) is 17.5. The van der Waals surface area contributed by atoms with Crippen LogP contribution in [0.5, 0.6) is 5.75 Å². The zero-order valence-corrected chi connectivity index (χ0v) is 14.2. The number of nitrogens with zero attached hydrogens (tertiary/aromatic N) is 2. The summed E-state index contributed by atoms with van der Waals surface area (Å²) in [6.45, 7) is 3.74. The van der Waals surface area contributed by atoms with E-state index >= 15 is 0 Å². The predicted octanol–water partition coefficient (Wildman–Crippen LogP) is 1.82. The number of amides is 2. The SMILES string of the molecule is COc1ccc(C(=O)NC(C(=O)Nc2ccn(C)n2)C(C)C)cc1. The fraction of sp³-hybridized carbons (Fsp3) is 0.353. The first-order valence-corrected chi connectivity index (χ1v) is 7.66. The van der Waals surface area contributed by atoms with Gasteiger partial charge in [0.25, 0.3) is 5.91 Å². The third-order valence-electron chi connectivity index (χ3n) is 3.55. The van der Waals surface area contributed by atoms with E-state index in [9.17, 15) is 9.59 Å². The second kappa shape index (κ2) is 7.63. The second-order valence-corrected chi connectivity index (χ2v) is 5.79. The average molecular weight is 330 g/mol. The molecule has 2 rings (SSSR count). The van der Waals surface area contributed by atoms with Crippen LogP contribution in [0.15, 0.2) is 36.5 Å². The fourth-order valence-corrected chi connectivity index (χ4v) is 2.19. The highest BCUT2D eigenvalue weighted by atomic mass is 16.5. The van der Waals surface area contributed by atoms with E-state index in [1.165, 1.54) is 0 Å². The lowest BCUT2D eigenvalue weighted by atomic mass is 10.0. The lowest BCUT2D eigenvalue weighted by Crippen LogP contribution is -2.47. The van der Waals surface area contributed by atoms with Gasteiger partial charge in [-0.3, -0.25) is 14.3 Å². The molecule has 2 aromatic rings. The number of carbonyl (C=O) groups is 2. The van der Waals surface area contributed by atoms with E-state index in [1.807, 2.05) is 13.8 Å². The van der Waals surface area contributed by atoms with Gasteiger partial charge in [0.05, 0.1) is 7.11 Å². The van der Waals surface area contributed by atoms with E-state index in [1.54, 1.807) is 55.4 Å². The topological polar surface area (TPSA) is 85.2 Å². The van der Waals surface area contributed by atoms with Crippen LogP contribution in [0, 0.1) is 5.92 Å². The van der Waals surface area contributed by atoms with Gasteiger partial charge in [-0.05, 0) is 30.2 Å². The van der Waals surface area contributed by atoms with Gasteiger partial charge in [-0.1, -0.05) is 13.8 Å². The van der Waals surface area contributed by atoms with E-state index in [0.29, 0.717) is 17.1 Å². The molecule has 7 heteroatoms. The van der Waals surface area contributed by atoms with Crippen molar-refractivity contribution < 1.29 is 14.3 Å². The monoisotopic (exact) mass is 330 g/mol. The molecule has 0 spiro atoms. The van der Waals surface area contributed by atoms with E-state index in [4.69, 9.17) is 4.74 Å². The molecule has 1 heterocycles. The Balaban J connectivity index is 2.06. The van der Waals surface area contributed by atoms with Crippen molar-refractivity contribution in [1.29, 1.82) is 0 Å². The average Bonchev–Trinajstić information content (AvgIpc) is 2.96. The van der Waals surface area contributed by atoms with Gasteiger partial charge in [0, 0.05) is 24.9 Å². The zero-order valence-electron chi connectivity index (χ0n) is 14.2. The third kappa shape index (κ3) is 4.34. The first-order chi connectivity index (χ1) is 11.4. The van der Waals surface area contributed by atoms with Gasteiger partial charge in [0.1, 0.15) is 11.8 Å². The van der Waals surface area contributed by atoms with Crippen LogP contribution in [-0.4, -0.2) is 34.7 Å². The van der Waals surface area contributed by atoms with Crippen molar-refractivity contribution in [3.05, 3.63) is 42.1 Å². The standard InChI is InChI=1S/C17H22N4O3/c1-11(2)15(17(23)18-14-9-10-21(3)20-14)19-16(22)12-5-7-13(24-4)8-6-12/h5-11,15H,1-4H3,(H,19,22)(H,18,20,23). The molecule has 24 heavy (non-hydrogen) atoms. The number of benzene rings is 1. The van der Waals surface area contributed by atoms with Crippen LogP contribution in [0.4, 0.5) is 5.82 Å². The van der Waals surface area contributed by atoms with Crippen LogP contribution in [0.2, 0.25) is 0 Å². The maximum absolute atomic E-state index is 12.4. The Morgan fingerprint density at radius 1 is 1.17 bits per heavy atom. The van der Waals surface area contributed by atoms with Crippen LogP contribution >= 0.6 is 0 Å². The molecule has 0 saturated heterocycles. The number of ether oxygens (including phenoxy) is 1. The van der Waals surface area contributed by atoms with Crippen LogP contribution in [0.1, 0.15) is 24.2 Å². The van der Waals surface area contributed by atoms with Crippen molar-refractivity contribution in [3.8, 4) is 5.75 Å². The minimum atomic E-state index is -0.665. The number of hydrogen-bond acceptors (Lipinski definition) is 4. The molecule has 7 nitrogen and oxygen atoms in total. The van der Waals surface area contributed by atoms with Crippen LogP contribution < -0.4 is 15.4 Å². The van der Waals surface area contributed by atoms with Crippen molar-refractivity contribution in [2.75, 3.05) is 12.4 Å². The number of hydrogen-bond donors (Lipinski definition) is 2. The Bertz CT molecular complexity index is 707. The zero-order chi connectivity index (χ0) is 17.7. The number of carbonyl (C=O) groups excluding carboxylic acids is 2. The molecular formula is C17H22N4O3. The summed E-state index contributed by atoms with van der Waals surface area (Å²) in [7, 11) is 3.33. The smallest absolute Gasteiger partial charge is 0.251 e. The van der Waals surface area contributed by atoms with Gasteiger partial charge in [-0.25, -0.2) is 0 Å². The van der Waals surface area contributed by atoms with Gasteiger partial charge in [-0.2, -0.15) is 5.10 Å². The van der Waals surface area contributed by atoms with Crippen molar-refractivity contribution in [3.63, 3.8) is 0 Å². The molecule has 0 bridgehead atoms. The summed E-state index contributed by atoms with van der Waals surface area (Å²) in [4.78, 5) is 24.8. The largest absolute Gasteiger partial charge is 0.497 e. The molecule has 2 N–H and O–H groups in total. The molecule has 0 saturated carbocycles. The summed E-state index contributed by atoms with van der Waals surface area (Å²) in [6, 6.07) is 7.74. The number of aromatic nitrogens is 2. The van der Waals surface area contributed by atoms with Gasteiger partial charge in [0.15, 0.2) is 5.82 Å². The van der Waals surface area contributed by atoms with Crippen molar-refractivity contribution in [2.45, 2.75) is 19.9 Å². The molecular weight excluding hydrogens is 308 g/mol. The molecule has 1 unspecified atom stereocenters. The molecule has 0 aliphatic heterocycles. The molecule has 0 aliphatic rings. The highest BCUT2D eigenvalue weighted by Gasteiger charge is 2.25. The van der Waals surface area contributed by atoms with Crippen molar-refractivity contribution in [1.82, 2.24) is 15.1 Å². The Morgan fingerprint density at radius 3 is 2.33 bits per heavy atom. The Kier molecular flexibility index (Phi) is 5.57. The highest BCUT2D eigenvalue weighted by molar-refractivity contribution is 6.01. The first-order valence-electron chi connectivity index (χ1n) is 7.66. The number of nitrogens with one attached hydrogen (secondary N) is 2.